The van der Waals surface area contributed by atoms with E-state index in [-0.39, 0.29) is 42.0 Å². The molecule has 8 heterocycles. The third-order valence-electron chi connectivity index (χ3n) is 15.3. The van der Waals surface area contributed by atoms with E-state index in [4.69, 9.17) is 49.3 Å². The summed E-state index contributed by atoms with van der Waals surface area (Å²) in [5.41, 5.74) is 8.06. The van der Waals surface area contributed by atoms with Crippen LogP contribution < -0.4 is 35.3 Å². The van der Waals surface area contributed by atoms with Gasteiger partial charge in [-0.3, -0.25) is 4.79 Å². The smallest absolute Gasteiger partial charge is 0.410 e. The van der Waals surface area contributed by atoms with Gasteiger partial charge in [-0.05, 0) is 147 Å². The predicted molar refractivity (Wildman–Crippen MR) is 374 cm³/mol. The van der Waals surface area contributed by atoms with Crippen molar-refractivity contribution in [3.63, 3.8) is 0 Å². The Labute approximate surface area is 570 Å². The number of likely N-dealkylation sites (tertiary alicyclic amines) is 2. The Morgan fingerprint density at radius 1 is 0.588 bits per heavy atom. The molecule has 6 aromatic heterocycles. The lowest BCUT2D eigenvalue weighted by atomic mass is 10.1. The van der Waals surface area contributed by atoms with Crippen molar-refractivity contribution in [3.05, 3.63) is 171 Å². The van der Waals surface area contributed by atoms with Crippen molar-refractivity contribution in [3.8, 4) is 34.5 Å². The topological polar surface area (TPSA) is 288 Å². The zero-order chi connectivity index (χ0) is 69.0. The molecule has 26 heteroatoms. The number of carbonyl (C=O) groups excluding carboxylic acids is 3. The zero-order valence-corrected chi connectivity index (χ0v) is 57.7. The van der Waals surface area contributed by atoms with Gasteiger partial charge in [-0.15, -0.1) is 22.7 Å². The van der Waals surface area contributed by atoms with Crippen molar-refractivity contribution < 1.29 is 52.7 Å². The number of nitrogens with one attached hydrogen (secondary N) is 2. The number of carboxylic acid groups (broad SMARTS) is 1. The minimum atomic E-state index is -1.04. The molecular formula is C71H81N13O11S2. The number of ketones is 1. The van der Waals surface area contributed by atoms with Crippen LogP contribution in [-0.4, -0.2) is 142 Å². The maximum Gasteiger partial charge on any atom is 0.410 e. The zero-order valence-electron chi connectivity index (χ0n) is 56.0. The van der Waals surface area contributed by atoms with Crippen LogP contribution >= 0.6 is 22.7 Å². The van der Waals surface area contributed by atoms with E-state index in [0.29, 0.717) is 107 Å². The summed E-state index contributed by atoms with van der Waals surface area (Å²) in [5.74, 6) is 3.55. The summed E-state index contributed by atoms with van der Waals surface area (Å²) >= 11 is 3.03. The molecule has 10 aromatic rings. The minimum absolute atomic E-state index is 0.0313. The number of aromatic carboxylic acids is 1. The van der Waals surface area contributed by atoms with Crippen LogP contribution in [0.4, 0.5) is 26.4 Å². The van der Waals surface area contributed by atoms with Crippen LogP contribution in [-0.2, 0) is 29.0 Å². The van der Waals surface area contributed by atoms with Gasteiger partial charge >= 0.3 is 18.2 Å². The van der Waals surface area contributed by atoms with Gasteiger partial charge in [0.2, 0.25) is 0 Å². The molecule has 2 aliphatic heterocycles. The molecule has 97 heavy (non-hydrogen) atoms. The van der Waals surface area contributed by atoms with Gasteiger partial charge in [0.25, 0.3) is 0 Å². The molecule has 2 aliphatic rings. The molecule has 0 bridgehead atoms. The lowest BCUT2D eigenvalue weighted by Gasteiger charge is -2.34. The molecule has 2 fully saturated rings. The van der Waals surface area contributed by atoms with Crippen molar-refractivity contribution in [2.75, 3.05) is 56.8 Å². The van der Waals surface area contributed by atoms with E-state index in [2.05, 4.69) is 25.6 Å². The van der Waals surface area contributed by atoms with Crippen LogP contribution in [0.5, 0.6) is 34.5 Å². The van der Waals surface area contributed by atoms with Crippen LogP contribution in [0.15, 0.2) is 134 Å². The fraction of sp³-hybridized carbons (Fsp3) is 0.352. The predicted octanol–water partition coefficient (Wildman–Crippen LogP) is 14.1. The van der Waals surface area contributed by atoms with Crippen LogP contribution in [0.1, 0.15) is 114 Å². The molecular weight excluding hydrogens is 1270 g/mol. The van der Waals surface area contributed by atoms with Gasteiger partial charge in [-0.2, -0.15) is 10.2 Å². The van der Waals surface area contributed by atoms with Crippen LogP contribution in [0.25, 0.3) is 22.1 Å². The second-order valence-corrected chi connectivity index (χ2v) is 28.0. The number of nitrogens with zero attached hydrogens (tertiary/aromatic N) is 10. The molecule has 508 valence electrons. The molecule has 0 saturated carbocycles. The summed E-state index contributed by atoms with van der Waals surface area (Å²) in [4.78, 5) is 73.5. The Bertz CT molecular complexity index is 4350. The van der Waals surface area contributed by atoms with Crippen molar-refractivity contribution in [2.24, 2.45) is 0 Å². The van der Waals surface area contributed by atoms with Gasteiger partial charge in [-0.1, -0.05) is 42.5 Å². The number of Topliss-reactive ketones (excluding diaryl/α,β-unsaturated/α-hetero) is 1. The average molecular weight is 1360 g/mol. The lowest BCUT2D eigenvalue weighted by molar-refractivity contribution is 0.0196. The Hall–Kier alpha value is -10.3. The van der Waals surface area contributed by atoms with Gasteiger partial charge in [0, 0.05) is 90.5 Å². The number of anilines is 3. The van der Waals surface area contributed by atoms with Crippen LogP contribution in [0, 0.1) is 13.8 Å². The van der Waals surface area contributed by atoms with Crippen molar-refractivity contribution in [2.45, 2.75) is 124 Å². The molecule has 24 nitrogen and oxygen atoms in total. The fourth-order valence-corrected chi connectivity index (χ4v) is 12.2. The molecule has 0 spiro atoms. The number of fused-ring (bicyclic) bond motifs is 2. The molecule has 2 saturated heterocycles. The number of piperidine rings is 2. The molecule has 0 aliphatic carbocycles. The summed E-state index contributed by atoms with van der Waals surface area (Å²) < 4.78 is 38.2. The van der Waals surface area contributed by atoms with Crippen LogP contribution in [0.2, 0.25) is 0 Å². The maximum absolute atomic E-state index is 13.1. The van der Waals surface area contributed by atoms with E-state index >= 15 is 0 Å². The molecule has 12 rings (SSSR count). The highest BCUT2D eigenvalue weighted by Crippen LogP contribution is 2.38. The number of amides is 2. The number of carbonyl (C=O) groups is 4. The summed E-state index contributed by atoms with van der Waals surface area (Å²) in [6.45, 7) is 18.2. The number of aryl methyl sites for hydroxylation is 2. The largest absolute Gasteiger partial charge is 0.497 e. The highest BCUT2D eigenvalue weighted by Gasteiger charge is 2.32. The van der Waals surface area contributed by atoms with Gasteiger partial charge in [0.05, 0.1) is 39.3 Å². The fourth-order valence-electron chi connectivity index (χ4n) is 10.9. The standard InChI is InChI=1S/C36H40N6O5S.C31H35N5O6.C4H6N2S/c1-23-20-38-31(48-23)19-29(43)25-8-6-10-28(18-25)46-30-15-16-37-34-32(30)33(40-42(34)21-24-11-13-27(45-5)14-12-24)39-26-9-7-17-41(22-26)35(44)47-36(2,3)4;1-31(2,3)42-30(39)35-16-6-8-22(19-35)33-27-26-25(41-24-9-5-7-21(17-24)29(37)38)14-15-32-28(26)36(34-27)18-20-10-12-23(40-4)13-11-20;1-3-2-6-4(5)7-3/h6,8,10-16,18,20,26H,7,9,17,19,21-22H2,1-5H3,(H,39,40);5,7,9-15,17,22H,6,8,16,18-19H2,1-4H3,(H,33,34)(H,37,38);2H,1H3,(H2,5,6). The molecule has 4 aromatic carbocycles. The van der Waals surface area contributed by atoms with E-state index in [1.54, 1.807) is 89.9 Å². The van der Waals surface area contributed by atoms with Gasteiger partial charge in [0.1, 0.15) is 61.5 Å². The number of hydrogen-bond donors (Lipinski definition) is 4. The second-order valence-electron chi connectivity index (χ2n) is 25.4. The Morgan fingerprint density at radius 2 is 1.04 bits per heavy atom. The number of benzene rings is 4. The highest BCUT2D eigenvalue weighted by molar-refractivity contribution is 7.15. The Balaban J connectivity index is 0.000000192. The van der Waals surface area contributed by atoms with Gasteiger partial charge < -0.3 is 59.7 Å². The van der Waals surface area contributed by atoms with Crippen molar-refractivity contribution >= 4 is 85.4 Å². The Morgan fingerprint density at radius 3 is 1.44 bits per heavy atom. The number of nitrogen functional groups attached to an aromatic ring is 1. The summed E-state index contributed by atoms with van der Waals surface area (Å²) in [5, 5.41) is 29.3. The number of carboxylic acids is 1. The van der Waals surface area contributed by atoms with Crippen molar-refractivity contribution in [1.82, 2.24) is 49.3 Å². The lowest BCUT2D eigenvalue weighted by Crippen LogP contribution is -2.47. The number of aromatic nitrogens is 8. The number of ether oxygens (including phenoxy) is 6. The third-order valence-corrected chi connectivity index (χ3v) is 17.0. The number of hydrogen-bond acceptors (Lipinski definition) is 21. The molecule has 2 unspecified atom stereocenters. The first-order chi connectivity index (χ1) is 46.4. The maximum atomic E-state index is 13.1. The summed E-state index contributed by atoms with van der Waals surface area (Å²) in [7, 11) is 3.27. The first-order valence-electron chi connectivity index (χ1n) is 31.8. The molecule has 2 amide bonds. The molecule has 2 atom stereocenters. The second kappa shape index (κ2) is 31.0. The van der Waals surface area contributed by atoms with E-state index in [9.17, 15) is 24.3 Å². The monoisotopic (exact) mass is 1360 g/mol. The normalized spacial score (nSPS) is 14.7. The number of methoxy groups -OCH3 is 2. The molecule has 5 N–H and O–H groups in total. The van der Waals surface area contributed by atoms with Gasteiger partial charge in [-0.25, -0.2) is 43.7 Å². The van der Waals surface area contributed by atoms with E-state index < -0.39 is 17.2 Å². The quantitative estimate of drug-likeness (QED) is 0.0581. The Kier molecular flexibility index (Phi) is 22.2. The summed E-state index contributed by atoms with van der Waals surface area (Å²) in [6, 6.07) is 32.4. The number of nitrogens with two attached hydrogens (primary N) is 1. The van der Waals surface area contributed by atoms with Crippen LogP contribution in [0.3, 0.4) is 0 Å². The number of pyridine rings is 2. The van der Waals surface area contributed by atoms with Gasteiger partial charge in [0.15, 0.2) is 33.8 Å². The SMILES string of the molecule is COc1ccc(Cn2nc(NC3CCCN(C(=O)OC(C)(C)C)C3)c3c(Oc4cccc(C(=O)Cc5ncc(C)s5)c4)ccnc32)cc1.COc1ccc(Cn2nc(NC3CCCN(C(=O)OC(C)(C)C)C3)c3c(Oc4cccc(C(=O)O)c4)ccnc32)cc1.Cc1cnc(N)s1. The van der Waals surface area contributed by atoms with E-state index in [1.165, 1.54) is 34.8 Å². The minimum Gasteiger partial charge on any atom is -0.497 e. The average Bonchev–Trinajstić information content (AvgIpc) is 1.66. The first-order valence-corrected chi connectivity index (χ1v) is 33.4. The van der Waals surface area contributed by atoms with E-state index in [1.807, 2.05) is 121 Å². The van der Waals surface area contributed by atoms with E-state index in [0.717, 1.165) is 63.1 Å². The first kappa shape index (κ1) is 69.5. The number of rotatable bonds is 18. The molecule has 0 radical (unpaired) electrons. The third kappa shape index (κ3) is 19.0. The van der Waals surface area contributed by atoms with Crippen molar-refractivity contribution in [1.29, 1.82) is 0 Å². The highest BCUT2D eigenvalue weighted by atomic mass is 32.1. The summed E-state index contributed by atoms with van der Waals surface area (Å²) in [6.07, 6.45) is 9.77. The number of thiazole rings is 2.